The predicted molar refractivity (Wildman–Crippen MR) is 56.2 cm³/mol. The number of nitrogens with zero attached hydrogens (tertiary/aromatic N) is 2. The zero-order valence-corrected chi connectivity index (χ0v) is 9.11. The van der Waals surface area contributed by atoms with E-state index in [-0.39, 0.29) is 5.82 Å². The minimum atomic E-state index is -0.349. The third kappa shape index (κ3) is 2.50. The second kappa shape index (κ2) is 4.35. The second-order valence-corrected chi connectivity index (χ2v) is 3.59. The molecule has 0 saturated carbocycles. The Labute approximate surface area is 94.1 Å². The molecule has 1 aromatic heterocycles. The zero-order valence-electron chi connectivity index (χ0n) is 7.52. The fourth-order valence-corrected chi connectivity index (χ4v) is 1.32. The summed E-state index contributed by atoms with van der Waals surface area (Å²) < 4.78 is 18.8. The molecule has 0 saturated heterocycles. The van der Waals surface area contributed by atoms with Gasteiger partial charge in [-0.05, 0) is 28.1 Å². The standard InChI is InChI=1S/C10H6BrFN2O/c11-9-5-13-6-14-10(9)15-8-3-1-2-7(12)4-8/h1-6H. The summed E-state index contributed by atoms with van der Waals surface area (Å²) in [7, 11) is 0. The van der Waals surface area contributed by atoms with E-state index in [9.17, 15) is 4.39 Å². The quantitative estimate of drug-likeness (QED) is 0.839. The molecule has 5 heteroatoms. The number of hydrogen-bond acceptors (Lipinski definition) is 3. The third-order valence-electron chi connectivity index (χ3n) is 1.64. The molecule has 15 heavy (non-hydrogen) atoms. The molecule has 0 bridgehead atoms. The van der Waals surface area contributed by atoms with Gasteiger partial charge in [0.05, 0.1) is 4.47 Å². The second-order valence-electron chi connectivity index (χ2n) is 2.74. The molecule has 0 radical (unpaired) electrons. The van der Waals surface area contributed by atoms with E-state index in [2.05, 4.69) is 25.9 Å². The summed E-state index contributed by atoms with van der Waals surface area (Å²) in [6.07, 6.45) is 2.92. The summed E-state index contributed by atoms with van der Waals surface area (Å²) >= 11 is 3.23. The Morgan fingerprint density at radius 3 is 2.93 bits per heavy atom. The lowest BCUT2D eigenvalue weighted by molar-refractivity contribution is 0.453. The van der Waals surface area contributed by atoms with Crippen molar-refractivity contribution in [2.24, 2.45) is 0 Å². The lowest BCUT2D eigenvalue weighted by Gasteiger charge is -2.05. The monoisotopic (exact) mass is 268 g/mol. The van der Waals surface area contributed by atoms with E-state index >= 15 is 0 Å². The van der Waals surface area contributed by atoms with Crippen molar-refractivity contribution in [1.82, 2.24) is 9.97 Å². The molecule has 1 heterocycles. The van der Waals surface area contributed by atoms with Gasteiger partial charge in [0.1, 0.15) is 17.9 Å². The van der Waals surface area contributed by atoms with Crippen LogP contribution in [0.1, 0.15) is 0 Å². The molecule has 0 unspecified atom stereocenters. The Balaban J connectivity index is 2.26. The van der Waals surface area contributed by atoms with Crippen molar-refractivity contribution in [2.45, 2.75) is 0 Å². The fraction of sp³-hybridized carbons (Fsp3) is 0. The van der Waals surface area contributed by atoms with Crippen molar-refractivity contribution in [1.29, 1.82) is 0 Å². The van der Waals surface area contributed by atoms with E-state index in [0.717, 1.165) is 0 Å². The first-order chi connectivity index (χ1) is 7.25. The highest BCUT2D eigenvalue weighted by molar-refractivity contribution is 9.10. The van der Waals surface area contributed by atoms with Crippen molar-refractivity contribution in [3.8, 4) is 11.6 Å². The van der Waals surface area contributed by atoms with E-state index < -0.39 is 0 Å². The van der Waals surface area contributed by atoms with Gasteiger partial charge in [-0.25, -0.2) is 14.4 Å². The molecule has 0 fully saturated rings. The molecule has 3 nitrogen and oxygen atoms in total. The largest absolute Gasteiger partial charge is 0.438 e. The number of aromatic nitrogens is 2. The van der Waals surface area contributed by atoms with Crippen LogP contribution < -0.4 is 4.74 Å². The van der Waals surface area contributed by atoms with Crippen LogP contribution >= 0.6 is 15.9 Å². The maximum Gasteiger partial charge on any atom is 0.236 e. The molecular weight excluding hydrogens is 263 g/mol. The van der Waals surface area contributed by atoms with Crippen LogP contribution in [-0.2, 0) is 0 Å². The summed E-state index contributed by atoms with van der Waals surface area (Å²) in [4.78, 5) is 7.69. The van der Waals surface area contributed by atoms with E-state index in [4.69, 9.17) is 4.74 Å². The van der Waals surface area contributed by atoms with Crippen LogP contribution in [-0.4, -0.2) is 9.97 Å². The highest BCUT2D eigenvalue weighted by Crippen LogP contribution is 2.26. The van der Waals surface area contributed by atoms with Gasteiger partial charge in [0.15, 0.2) is 0 Å². The highest BCUT2D eigenvalue weighted by atomic mass is 79.9. The number of rotatable bonds is 2. The first-order valence-electron chi connectivity index (χ1n) is 4.14. The normalized spacial score (nSPS) is 10.0. The Hall–Kier alpha value is -1.49. The van der Waals surface area contributed by atoms with Crippen LogP contribution in [0.3, 0.4) is 0 Å². The molecule has 0 aliphatic heterocycles. The van der Waals surface area contributed by atoms with Crippen molar-refractivity contribution in [2.75, 3.05) is 0 Å². The van der Waals surface area contributed by atoms with Gasteiger partial charge in [0.25, 0.3) is 0 Å². The molecule has 2 aromatic rings. The number of benzene rings is 1. The minimum Gasteiger partial charge on any atom is -0.438 e. The average Bonchev–Trinajstić information content (AvgIpc) is 2.22. The van der Waals surface area contributed by atoms with Gasteiger partial charge in [0.2, 0.25) is 5.88 Å². The van der Waals surface area contributed by atoms with Crippen LogP contribution in [0.2, 0.25) is 0 Å². The summed E-state index contributed by atoms with van der Waals surface area (Å²) in [5.74, 6) is 0.405. The van der Waals surface area contributed by atoms with E-state index in [1.165, 1.54) is 18.5 Å². The third-order valence-corrected chi connectivity index (χ3v) is 2.19. The average molecular weight is 269 g/mol. The molecule has 0 aliphatic carbocycles. The molecule has 76 valence electrons. The van der Waals surface area contributed by atoms with E-state index in [1.54, 1.807) is 18.3 Å². The molecule has 0 spiro atoms. The molecular formula is C10H6BrFN2O. The van der Waals surface area contributed by atoms with Crippen LogP contribution in [0.15, 0.2) is 41.3 Å². The van der Waals surface area contributed by atoms with Crippen molar-refractivity contribution < 1.29 is 9.13 Å². The summed E-state index contributed by atoms with van der Waals surface area (Å²) in [6.45, 7) is 0. The highest BCUT2D eigenvalue weighted by Gasteiger charge is 2.03. The SMILES string of the molecule is Fc1cccc(Oc2ncncc2Br)c1. The summed E-state index contributed by atoms with van der Waals surface area (Å²) in [5.41, 5.74) is 0. The van der Waals surface area contributed by atoms with Gasteiger partial charge in [0, 0.05) is 12.3 Å². The number of hydrogen-bond donors (Lipinski definition) is 0. The minimum absolute atomic E-state index is 0.349. The summed E-state index contributed by atoms with van der Waals surface area (Å²) in [6, 6.07) is 5.85. The Morgan fingerprint density at radius 2 is 2.20 bits per heavy atom. The molecule has 0 atom stereocenters. The Morgan fingerprint density at radius 1 is 1.33 bits per heavy atom. The van der Waals surface area contributed by atoms with Gasteiger partial charge in [-0.15, -0.1) is 0 Å². The predicted octanol–water partition coefficient (Wildman–Crippen LogP) is 3.17. The van der Waals surface area contributed by atoms with Crippen LogP contribution in [0.4, 0.5) is 4.39 Å². The lowest BCUT2D eigenvalue weighted by Crippen LogP contribution is -1.90. The van der Waals surface area contributed by atoms with Gasteiger partial charge < -0.3 is 4.74 Å². The van der Waals surface area contributed by atoms with E-state index in [1.807, 2.05) is 0 Å². The Kier molecular flexibility index (Phi) is 2.91. The van der Waals surface area contributed by atoms with Crippen molar-refractivity contribution in [3.05, 3.63) is 47.1 Å². The maximum atomic E-state index is 12.8. The summed E-state index contributed by atoms with van der Waals surface area (Å²) in [5, 5.41) is 0. The van der Waals surface area contributed by atoms with Crippen LogP contribution in [0.25, 0.3) is 0 Å². The first kappa shape index (κ1) is 10.0. The maximum absolute atomic E-state index is 12.8. The zero-order chi connectivity index (χ0) is 10.7. The smallest absolute Gasteiger partial charge is 0.236 e. The lowest BCUT2D eigenvalue weighted by atomic mass is 10.3. The number of halogens is 2. The Bertz CT molecular complexity index is 478. The van der Waals surface area contributed by atoms with Gasteiger partial charge in [-0.3, -0.25) is 0 Å². The molecule has 0 aliphatic rings. The van der Waals surface area contributed by atoms with E-state index in [0.29, 0.717) is 16.1 Å². The van der Waals surface area contributed by atoms with Crippen LogP contribution in [0, 0.1) is 5.82 Å². The topological polar surface area (TPSA) is 35.0 Å². The van der Waals surface area contributed by atoms with Crippen molar-refractivity contribution >= 4 is 15.9 Å². The van der Waals surface area contributed by atoms with Gasteiger partial charge >= 0.3 is 0 Å². The van der Waals surface area contributed by atoms with Gasteiger partial charge in [-0.2, -0.15) is 0 Å². The van der Waals surface area contributed by atoms with Gasteiger partial charge in [-0.1, -0.05) is 6.07 Å². The fourth-order valence-electron chi connectivity index (χ4n) is 1.02. The van der Waals surface area contributed by atoms with Crippen molar-refractivity contribution in [3.63, 3.8) is 0 Å². The first-order valence-corrected chi connectivity index (χ1v) is 4.94. The molecule has 0 N–H and O–H groups in total. The molecule has 2 rings (SSSR count). The molecule has 0 amide bonds. The molecule has 1 aromatic carbocycles. The van der Waals surface area contributed by atoms with Crippen LogP contribution in [0.5, 0.6) is 11.6 Å². The number of ether oxygens (including phenoxy) is 1.